The van der Waals surface area contributed by atoms with Crippen molar-refractivity contribution < 1.29 is 22.7 Å². The maximum Gasteiger partial charge on any atom is 0.416 e. The van der Waals surface area contributed by atoms with E-state index in [1.165, 1.54) is 12.1 Å². The van der Waals surface area contributed by atoms with E-state index in [1.54, 1.807) is 31.4 Å². The molecule has 0 saturated carbocycles. The van der Waals surface area contributed by atoms with Crippen LogP contribution in [0.25, 0.3) is 11.3 Å². The van der Waals surface area contributed by atoms with E-state index in [0.717, 1.165) is 29.8 Å². The van der Waals surface area contributed by atoms with Crippen LogP contribution in [0.5, 0.6) is 5.75 Å². The first kappa shape index (κ1) is 21.4. The molecule has 0 aliphatic carbocycles. The standard InChI is InChI=1S/C22H22F3N3O2/c1-3-4-18-21(26-19(29)13-14-5-11-17(30-2)12-6-14)20(28-27-18)15-7-9-16(10-8-15)22(23,24)25/h5-12H,3-4,13H2,1-2H3,(H,26,29)(H,27,28). The van der Waals surface area contributed by atoms with Gasteiger partial charge in [0.15, 0.2) is 0 Å². The van der Waals surface area contributed by atoms with E-state index >= 15 is 0 Å². The van der Waals surface area contributed by atoms with Crippen LogP contribution in [0.15, 0.2) is 48.5 Å². The first-order valence-corrected chi connectivity index (χ1v) is 9.49. The molecule has 5 nitrogen and oxygen atoms in total. The van der Waals surface area contributed by atoms with Crippen LogP contribution in [0.3, 0.4) is 0 Å². The molecular weight excluding hydrogens is 395 g/mol. The molecule has 0 atom stereocenters. The highest BCUT2D eigenvalue weighted by Crippen LogP contribution is 2.33. The molecule has 2 aromatic carbocycles. The molecule has 0 saturated heterocycles. The summed E-state index contributed by atoms with van der Waals surface area (Å²) in [6, 6.07) is 11.9. The average molecular weight is 417 g/mol. The highest BCUT2D eigenvalue weighted by molar-refractivity contribution is 5.96. The van der Waals surface area contributed by atoms with Crippen molar-refractivity contribution >= 4 is 11.6 Å². The maximum absolute atomic E-state index is 12.8. The number of anilines is 1. The van der Waals surface area contributed by atoms with Crippen LogP contribution in [0.1, 0.15) is 30.2 Å². The molecule has 0 bridgehead atoms. The maximum atomic E-state index is 12.8. The van der Waals surface area contributed by atoms with Crippen LogP contribution in [0.4, 0.5) is 18.9 Å². The summed E-state index contributed by atoms with van der Waals surface area (Å²) in [4.78, 5) is 12.6. The van der Waals surface area contributed by atoms with Crippen molar-refractivity contribution in [2.45, 2.75) is 32.4 Å². The van der Waals surface area contributed by atoms with Crippen LogP contribution in [0, 0.1) is 0 Å². The van der Waals surface area contributed by atoms with E-state index in [4.69, 9.17) is 4.74 Å². The number of methoxy groups -OCH3 is 1. The van der Waals surface area contributed by atoms with Crippen LogP contribution >= 0.6 is 0 Å². The molecule has 1 heterocycles. The monoisotopic (exact) mass is 417 g/mol. The molecule has 1 aromatic heterocycles. The quantitative estimate of drug-likeness (QED) is 0.553. The van der Waals surface area contributed by atoms with Gasteiger partial charge in [0.1, 0.15) is 11.4 Å². The Morgan fingerprint density at radius 1 is 1.10 bits per heavy atom. The second-order valence-corrected chi connectivity index (χ2v) is 6.82. The fourth-order valence-electron chi connectivity index (χ4n) is 3.08. The summed E-state index contributed by atoms with van der Waals surface area (Å²) in [5.74, 6) is 0.455. The highest BCUT2D eigenvalue weighted by atomic mass is 19.4. The number of aromatic amines is 1. The van der Waals surface area contributed by atoms with E-state index in [-0.39, 0.29) is 12.3 Å². The number of hydrogen-bond donors (Lipinski definition) is 2. The molecule has 0 radical (unpaired) electrons. The number of rotatable bonds is 7. The molecule has 3 aromatic rings. The van der Waals surface area contributed by atoms with Gasteiger partial charge in [-0.2, -0.15) is 18.3 Å². The fourth-order valence-corrected chi connectivity index (χ4v) is 3.08. The van der Waals surface area contributed by atoms with Gasteiger partial charge in [-0.05, 0) is 36.2 Å². The summed E-state index contributed by atoms with van der Waals surface area (Å²) in [6.45, 7) is 1.99. The van der Waals surface area contributed by atoms with Crippen molar-refractivity contribution in [2.24, 2.45) is 0 Å². The summed E-state index contributed by atoms with van der Waals surface area (Å²) in [6.07, 6.45) is -2.80. The minimum absolute atomic E-state index is 0.146. The van der Waals surface area contributed by atoms with Crippen LogP contribution in [0.2, 0.25) is 0 Å². The number of aryl methyl sites for hydroxylation is 1. The van der Waals surface area contributed by atoms with Gasteiger partial charge in [0.25, 0.3) is 0 Å². The normalized spacial score (nSPS) is 11.4. The second-order valence-electron chi connectivity index (χ2n) is 6.82. The van der Waals surface area contributed by atoms with Gasteiger partial charge in [-0.15, -0.1) is 0 Å². The van der Waals surface area contributed by atoms with Crippen molar-refractivity contribution in [3.05, 3.63) is 65.4 Å². The predicted octanol–water partition coefficient (Wildman–Crippen LogP) is 5.24. The lowest BCUT2D eigenvalue weighted by Gasteiger charge is -2.10. The number of H-pyrrole nitrogens is 1. The number of amides is 1. The number of nitrogens with zero attached hydrogens (tertiary/aromatic N) is 1. The Hall–Kier alpha value is -3.29. The van der Waals surface area contributed by atoms with Crippen molar-refractivity contribution in [3.8, 4) is 17.0 Å². The number of nitrogens with one attached hydrogen (secondary N) is 2. The van der Waals surface area contributed by atoms with Crippen LogP contribution in [-0.2, 0) is 23.8 Å². The van der Waals surface area contributed by atoms with Crippen LogP contribution < -0.4 is 10.1 Å². The second kappa shape index (κ2) is 9.02. The molecule has 30 heavy (non-hydrogen) atoms. The molecule has 1 amide bonds. The van der Waals surface area contributed by atoms with Gasteiger partial charge < -0.3 is 10.1 Å². The minimum Gasteiger partial charge on any atom is -0.497 e. The third-order valence-electron chi connectivity index (χ3n) is 4.62. The Bertz CT molecular complexity index is 994. The Morgan fingerprint density at radius 3 is 2.33 bits per heavy atom. The fraction of sp³-hybridized carbons (Fsp3) is 0.273. The summed E-state index contributed by atoms with van der Waals surface area (Å²) >= 11 is 0. The molecular formula is C22H22F3N3O2. The lowest BCUT2D eigenvalue weighted by molar-refractivity contribution is -0.137. The van der Waals surface area contributed by atoms with Gasteiger partial charge in [-0.25, -0.2) is 0 Å². The molecule has 0 spiro atoms. The van der Waals surface area contributed by atoms with Crippen molar-refractivity contribution in [2.75, 3.05) is 12.4 Å². The van der Waals surface area contributed by atoms with E-state index in [9.17, 15) is 18.0 Å². The minimum atomic E-state index is -4.41. The number of aromatic nitrogens is 2. The van der Waals surface area contributed by atoms with E-state index in [2.05, 4.69) is 15.5 Å². The lowest BCUT2D eigenvalue weighted by Crippen LogP contribution is -2.15. The van der Waals surface area contributed by atoms with Gasteiger partial charge in [0.05, 0.1) is 30.5 Å². The molecule has 0 aliphatic heterocycles. The number of ether oxygens (including phenoxy) is 1. The van der Waals surface area contributed by atoms with Gasteiger partial charge in [-0.1, -0.05) is 37.6 Å². The number of alkyl halides is 3. The zero-order chi connectivity index (χ0) is 21.7. The average Bonchev–Trinajstić information content (AvgIpc) is 3.10. The van der Waals surface area contributed by atoms with Gasteiger partial charge in [-0.3, -0.25) is 9.89 Å². The number of hydrogen-bond acceptors (Lipinski definition) is 3. The molecule has 158 valence electrons. The van der Waals surface area contributed by atoms with Crippen molar-refractivity contribution in [1.29, 1.82) is 0 Å². The molecule has 0 unspecified atom stereocenters. The zero-order valence-electron chi connectivity index (χ0n) is 16.6. The molecule has 3 rings (SSSR count). The molecule has 0 aliphatic rings. The van der Waals surface area contributed by atoms with Crippen molar-refractivity contribution in [1.82, 2.24) is 10.2 Å². The van der Waals surface area contributed by atoms with Crippen LogP contribution in [-0.4, -0.2) is 23.2 Å². The Morgan fingerprint density at radius 2 is 1.77 bits per heavy atom. The predicted molar refractivity (Wildman–Crippen MR) is 108 cm³/mol. The van der Waals surface area contributed by atoms with Gasteiger partial charge in [0.2, 0.25) is 5.91 Å². The lowest BCUT2D eigenvalue weighted by atomic mass is 10.1. The Labute approximate surface area is 172 Å². The largest absolute Gasteiger partial charge is 0.497 e. The molecule has 2 N–H and O–H groups in total. The summed E-state index contributed by atoms with van der Waals surface area (Å²) in [5, 5.41) is 10.0. The summed E-state index contributed by atoms with van der Waals surface area (Å²) in [7, 11) is 1.57. The molecule has 0 fully saturated rings. The first-order chi connectivity index (χ1) is 14.3. The van der Waals surface area contributed by atoms with E-state index < -0.39 is 11.7 Å². The Kier molecular flexibility index (Phi) is 6.44. The highest BCUT2D eigenvalue weighted by Gasteiger charge is 2.30. The van der Waals surface area contributed by atoms with E-state index in [1.807, 2.05) is 6.92 Å². The van der Waals surface area contributed by atoms with Gasteiger partial charge >= 0.3 is 6.18 Å². The summed E-state index contributed by atoms with van der Waals surface area (Å²) < 4.78 is 43.7. The summed E-state index contributed by atoms with van der Waals surface area (Å²) in [5.41, 5.74) is 2.20. The van der Waals surface area contributed by atoms with E-state index in [0.29, 0.717) is 29.1 Å². The SMILES string of the molecule is CCCc1[nH]nc(-c2ccc(C(F)(F)F)cc2)c1NC(=O)Cc1ccc(OC)cc1. The number of carbonyl (C=O) groups excluding carboxylic acids is 1. The number of halogens is 3. The number of benzene rings is 2. The smallest absolute Gasteiger partial charge is 0.416 e. The van der Waals surface area contributed by atoms with Crippen molar-refractivity contribution in [3.63, 3.8) is 0 Å². The zero-order valence-corrected chi connectivity index (χ0v) is 16.6. The first-order valence-electron chi connectivity index (χ1n) is 9.49. The Balaban J connectivity index is 1.83. The topological polar surface area (TPSA) is 67.0 Å². The number of carbonyl (C=O) groups is 1. The van der Waals surface area contributed by atoms with Gasteiger partial charge in [0, 0.05) is 5.56 Å². The third-order valence-corrected chi connectivity index (χ3v) is 4.62. The third kappa shape index (κ3) is 5.00. The molecule has 8 heteroatoms.